The molecule has 1 saturated heterocycles. The van der Waals surface area contributed by atoms with Gasteiger partial charge in [0, 0.05) is 24.8 Å². The Balaban J connectivity index is 1.41. The van der Waals surface area contributed by atoms with Crippen LogP contribution in [0.4, 0.5) is 21.6 Å². The predicted molar refractivity (Wildman–Crippen MR) is 117 cm³/mol. The van der Waals surface area contributed by atoms with Crippen molar-refractivity contribution < 1.29 is 22.4 Å². The average molecular weight is 454 g/mol. The average Bonchev–Trinajstić information content (AvgIpc) is 3.16. The predicted octanol–water partition coefficient (Wildman–Crippen LogP) is 3.01. The summed E-state index contributed by atoms with van der Waals surface area (Å²) in [5.74, 6) is -1.73. The lowest BCUT2D eigenvalue weighted by Gasteiger charge is -2.17. The van der Waals surface area contributed by atoms with Crippen LogP contribution in [0.15, 0.2) is 77.8 Å². The van der Waals surface area contributed by atoms with Crippen molar-refractivity contribution in [2.24, 2.45) is 5.92 Å². The number of hydrogen-bond acceptors (Lipinski definition) is 5. The molecular weight excluding hydrogens is 435 g/mol. The summed E-state index contributed by atoms with van der Waals surface area (Å²) in [6.07, 6.45) is 1.43. The van der Waals surface area contributed by atoms with Gasteiger partial charge in [-0.2, -0.15) is 0 Å². The lowest BCUT2D eigenvalue weighted by molar-refractivity contribution is -0.122. The van der Waals surface area contributed by atoms with Crippen molar-refractivity contribution in [2.75, 3.05) is 21.5 Å². The number of nitrogens with one attached hydrogen (secondary N) is 2. The fourth-order valence-corrected chi connectivity index (χ4v) is 4.38. The van der Waals surface area contributed by atoms with Crippen LogP contribution in [0.3, 0.4) is 0 Å². The number of para-hydroxylation sites is 1. The van der Waals surface area contributed by atoms with Crippen LogP contribution < -0.4 is 14.9 Å². The molecule has 32 heavy (non-hydrogen) atoms. The van der Waals surface area contributed by atoms with Gasteiger partial charge in [0.15, 0.2) is 0 Å². The second-order valence-corrected chi connectivity index (χ2v) is 8.87. The molecule has 164 valence electrons. The normalized spacial score (nSPS) is 16.1. The van der Waals surface area contributed by atoms with Crippen molar-refractivity contribution >= 4 is 39.0 Å². The molecule has 1 atom stereocenters. The second kappa shape index (κ2) is 8.75. The van der Waals surface area contributed by atoms with Gasteiger partial charge in [0.25, 0.3) is 10.0 Å². The molecule has 1 aliphatic rings. The Morgan fingerprint density at radius 2 is 1.75 bits per heavy atom. The van der Waals surface area contributed by atoms with Crippen LogP contribution in [0, 0.1) is 11.7 Å². The van der Waals surface area contributed by atoms with E-state index in [0.717, 1.165) is 0 Å². The monoisotopic (exact) mass is 454 g/mol. The first-order chi connectivity index (χ1) is 15.3. The largest absolute Gasteiger partial charge is 0.326 e. The first-order valence-corrected chi connectivity index (χ1v) is 11.2. The maximum Gasteiger partial charge on any atom is 0.263 e. The van der Waals surface area contributed by atoms with Crippen LogP contribution in [0.25, 0.3) is 0 Å². The van der Waals surface area contributed by atoms with Crippen molar-refractivity contribution in [3.8, 4) is 0 Å². The molecule has 0 bridgehead atoms. The second-order valence-electron chi connectivity index (χ2n) is 7.19. The van der Waals surface area contributed by atoms with Crippen LogP contribution in [-0.2, 0) is 19.6 Å². The SMILES string of the molecule is O=C(Nc1ccc(S(=O)(=O)Nc2ccccn2)cc1)C1CC(=O)N(c2ccccc2F)C1. The van der Waals surface area contributed by atoms with E-state index in [-0.39, 0.29) is 35.3 Å². The van der Waals surface area contributed by atoms with E-state index in [1.807, 2.05) is 0 Å². The number of sulfonamides is 1. The molecule has 0 spiro atoms. The Kier molecular flexibility index (Phi) is 5.87. The van der Waals surface area contributed by atoms with Gasteiger partial charge in [-0.3, -0.25) is 14.3 Å². The Labute approximate surface area is 184 Å². The number of carbonyl (C=O) groups excluding carboxylic acids is 2. The number of hydrogen-bond donors (Lipinski definition) is 2. The number of halogens is 1. The van der Waals surface area contributed by atoms with Crippen molar-refractivity contribution in [3.63, 3.8) is 0 Å². The molecule has 1 unspecified atom stereocenters. The zero-order valence-corrected chi connectivity index (χ0v) is 17.5. The molecule has 3 aromatic rings. The minimum absolute atomic E-state index is 0.00271. The molecule has 0 aliphatic carbocycles. The van der Waals surface area contributed by atoms with Crippen LogP contribution in [-0.4, -0.2) is 31.8 Å². The Hall–Kier alpha value is -3.79. The molecule has 4 rings (SSSR count). The highest BCUT2D eigenvalue weighted by Gasteiger charge is 2.36. The number of rotatable bonds is 6. The highest BCUT2D eigenvalue weighted by Crippen LogP contribution is 2.28. The number of benzene rings is 2. The molecule has 10 heteroatoms. The number of pyridine rings is 1. The summed E-state index contributed by atoms with van der Waals surface area (Å²) in [6.45, 7) is 0.0616. The van der Waals surface area contributed by atoms with Gasteiger partial charge >= 0.3 is 0 Å². The van der Waals surface area contributed by atoms with E-state index in [9.17, 15) is 22.4 Å². The molecule has 8 nitrogen and oxygen atoms in total. The quantitative estimate of drug-likeness (QED) is 0.595. The summed E-state index contributed by atoms with van der Waals surface area (Å²) in [5, 5.41) is 2.68. The first kappa shape index (κ1) is 21.4. The van der Waals surface area contributed by atoms with Gasteiger partial charge in [-0.05, 0) is 48.5 Å². The number of carbonyl (C=O) groups is 2. The lowest BCUT2D eigenvalue weighted by atomic mass is 10.1. The summed E-state index contributed by atoms with van der Waals surface area (Å²) in [6, 6.07) is 16.4. The molecule has 1 aliphatic heterocycles. The van der Waals surface area contributed by atoms with Gasteiger partial charge in [0.1, 0.15) is 11.6 Å². The molecule has 0 radical (unpaired) electrons. The summed E-state index contributed by atoms with van der Waals surface area (Å²) < 4.78 is 41.3. The zero-order chi connectivity index (χ0) is 22.7. The van der Waals surface area contributed by atoms with Crippen LogP contribution >= 0.6 is 0 Å². The van der Waals surface area contributed by atoms with E-state index in [4.69, 9.17) is 0 Å². The summed E-state index contributed by atoms with van der Waals surface area (Å²) in [4.78, 5) is 30.1. The minimum Gasteiger partial charge on any atom is -0.326 e. The van der Waals surface area contributed by atoms with Gasteiger partial charge in [-0.1, -0.05) is 18.2 Å². The van der Waals surface area contributed by atoms with Crippen LogP contribution in [0.2, 0.25) is 0 Å². The Bertz CT molecular complexity index is 1250. The van der Waals surface area contributed by atoms with Crippen molar-refractivity contribution in [1.29, 1.82) is 0 Å². The van der Waals surface area contributed by atoms with E-state index in [2.05, 4.69) is 15.0 Å². The molecular formula is C22H19FN4O4S. The standard InChI is InChI=1S/C22H19FN4O4S/c23-18-5-1-2-6-19(18)27-14-15(13-21(27)28)22(29)25-16-8-10-17(11-9-16)32(30,31)26-20-7-3-4-12-24-20/h1-12,15H,13-14H2,(H,24,26)(H,25,29). The molecule has 1 aromatic heterocycles. The van der Waals surface area contributed by atoms with Crippen molar-refractivity contribution in [1.82, 2.24) is 4.98 Å². The summed E-state index contributed by atoms with van der Waals surface area (Å²) in [7, 11) is -3.84. The van der Waals surface area contributed by atoms with E-state index >= 15 is 0 Å². The highest BCUT2D eigenvalue weighted by atomic mass is 32.2. The number of nitrogens with zero attached hydrogens (tertiary/aromatic N) is 2. The van der Waals surface area contributed by atoms with Gasteiger partial charge in [0.2, 0.25) is 11.8 Å². The van der Waals surface area contributed by atoms with Crippen LogP contribution in [0.5, 0.6) is 0 Å². The summed E-state index contributed by atoms with van der Waals surface area (Å²) in [5.41, 5.74) is 0.520. The Morgan fingerprint density at radius 3 is 2.44 bits per heavy atom. The topological polar surface area (TPSA) is 108 Å². The number of anilines is 3. The summed E-state index contributed by atoms with van der Waals surface area (Å²) >= 11 is 0. The van der Waals surface area contributed by atoms with Crippen molar-refractivity contribution in [2.45, 2.75) is 11.3 Å². The molecule has 2 N–H and O–H groups in total. The highest BCUT2D eigenvalue weighted by molar-refractivity contribution is 7.92. The zero-order valence-electron chi connectivity index (χ0n) is 16.7. The maximum absolute atomic E-state index is 14.0. The molecule has 2 amide bonds. The van der Waals surface area contributed by atoms with E-state index < -0.39 is 27.7 Å². The van der Waals surface area contributed by atoms with Crippen molar-refractivity contribution in [3.05, 3.63) is 78.7 Å². The number of aromatic nitrogens is 1. The first-order valence-electron chi connectivity index (χ1n) is 9.73. The third-order valence-corrected chi connectivity index (χ3v) is 6.35. The third kappa shape index (κ3) is 4.59. The molecule has 0 saturated carbocycles. The van der Waals surface area contributed by atoms with E-state index in [1.165, 1.54) is 59.6 Å². The minimum atomic E-state index is -3.84. The van der Waals surface area contributed by atoms with Gasteiger partial charge in [-0.25, -0.2) is 17.8 Å². The van der Waals surface area contributed by atoms with Crippen LogP contribution in [0.1, 0.15) is 6.42 Å². The molecule has 2 heterocycles. The fraction of sp³-hybridized carbons (Fsp3) is 0.136. The van der Waals surface area contributed by atoms with Gasteiger partial charge in [-0.15, -0.1) is 0 Å². The smallest absolute Gasteiger partial charge is 0.263 e. The molecule has 2 aromatic carbocycles. The van der Waals surface area contributed by atoms with Gasteiger partial charge < -0.3 is 10.2 Å². The fourth-order valence-electron chi connectivity index (χ4n) is 3.37. The maximum atomic E-state index is 14.0. The number of amides is 2. The molecule has 1 fully saturated rings. The third-order valence-electron chi connectivity index (χ3n) is 4.98. The van der Waals surface area contributed by atoms with E-state index in [0.29, 0.717) is 5.69 Å². The van der Waals surface area contributed by atoms with Gasteiger partial charge in [0.05, 0.1) is 16.5 Å². The Morgan fingerprint density at radius 1 is 1.03 bits per heavy atom. The van der Waals surface area contributed by atoms with E-state index in [1.54, 1.807) is 18.2 Å². The lowest BCUT2D eigenvalue weighted by Crippen LogP contribution is -2.28.